The zero-order valence-electron chi connectivity index (χ0n) is 13.0. The summed E-state index contributed by atoms with van der Waals surface area (Å²) >= 11 is 0. The third kappa shape index (κ3) is 8.07. The molecule has 1 rings (SSSR count). The number of aromatic nitrogens is 2. The third-order valence-electron chi connectivity index (χ3n) is 3.98. The molecule has 0 amide bonds. The largest absolute Gasteiger partial charge is 0.283 e. The van der Waals surface area contributed by atoms with E-state index in [1.54, 1.807) is 0 Å². The Bertz CT molecular complexity index is 304. The van der Waals surface area contributed by atoms with Crippen molar-refractivity contribution in [1.82, 2.24) is 10.2 Å². The average Bonchev–Trinajstić information content (AvgIpc) is 2.82. The molecule has 1 aromatic rings. The standard InChI is InChI=1S/C17H32N2/c1-3-4-5-6-7-8-9-10-11-12-13-14-17-15-18-19-16(17)2/h15H,3-14H2,1-2H3,(H,18,19). The molecule has 19 heavy (non-hydrogen) atoms. The van der Waals surface area contributed by atoms with Gasteiger partial charge in [0.05, 0.1) is 6.20 Å². The lowest BCUT2D eigenvalue weighted by Gasteiger charge is -2.02. The van der Waals surface area contributed by atoms with Crippen LogP contribution in [0, 0.1) is 6.92 Å². The Morgan fingerprint density at radius 1 is 0.842 bits per heavy atom. The Morgan fingerprint density at radius 3 is 1.84 bits per heavy atom. The van der Waals surface area contributed by atoms with Gasteiger partial charge in [0.25, 0.3) is 0 Å². The highest BCUT2D eigenvalue weighted by Gasteiger charge is 1.99. The first kappa shape index (κ1) is 16.3. The molecule has 2 heteroatoms. The highest BCUT2D eigenvalue weighted by Crippen LogP contribution is 2.13. The Labute approximate surface area is 119 Å². The summed E-state index contributed by atoms with van der Waals surface area (Å²) in [5.74, 6) is 0. The summed E-state index contributed by atoms with van der Waals surface area (Å²) in [5.41, 5.74) is 2.64. The number of nitrogens with one attached hydrogen (secondary N) is 1. The Hall–Kier alpha value is -0.790. The highest BCUT2D eigenvalue weighted by atomic mass is 15.1. The van der Waals surface area contributed by atoms with Gasteiger partial charge in [-0.05, 0) is 25.3 Å². The summed E-state index contributed by atoms with van der Waals surface area (Å²) in [6.07, 6.45) is 18.7. The van der Waals surface area contributed by atoms with E-state index in [0.717, 1.165) is 0 Å². The van der Waals surface area contributed by atoms with Crippen LogP contribution in [0.15, 0.2) is 6.20 Å². The van der Waals surface area contributed by atoms with Crippen LogP contribution >= 0.6 is 0 Å². The Balaban J connectivity index is 1.80. The molecule has 110 valence electrons. The number of aromatic amines is 1. The zero-order chi connectivity index (χ0) is 13.8. The number of unbranched alkanes of at least 4 members (excludes halogenated alkanes) is 10. The summed E-state index contributed by atoms with van der Waals surface area (Å²) in [4.78, 5) is 0. The second kappa shape index (κ2) is 11.1. The maximum absolute atomic E-state index is 4.07. The van der Waals surface area contributed by atoms with Crippen LogP contribution in [0.4, 0.5) is 0 Å². The molecule has 0 fully saturated rings. The van der Waals surface area contributed by atoms with Crippen molar-refractivity contribution in [1.29, 1.82) is 0 Å². The van der Waals surface area contributed by atoms with Crippen LogP contribution in [0.1, 0.15) is 88.8 Å². The molecule has 0 saturated carbocycles. The molecule has 0 atom stereocenters. The molecule has 0 unspecified atom stereocenters. The smallest absolute Gasteiger partial charge is 0.0522 e. The van der Waals surface area contributed by atoms with Crippen molar-refractivity contribution in [3.05, 3.63) is 17.5 Å². The van der Waals surface area contributed by atoms with Crippen molar-refractivity contribution in [2.45, 2.75) is 90.9 Å². The van der Waals surface area contributed by atoms with Crippen molar-refractivity contribution in [3.8, 4) is 0 Å². The van der Waals surface area contributed by atoms with E-state index in [1.807, 2.05) is 6.20 Å². The van der Waals surface area contributed by atoms with Crippen molar-refractivity contribution < 1.29 is 0 Å². The number of hydrogen-bond acceptors (Lipinski definition) is 1. The van der Waals surface area contributed by atoms with Gasteiger partial charge < -0.3 is 0 Å². The number of H-pyrrole nitrogens is 1. The summed E-state index contributed by atoms with van der Waals surface area (Å²) < 4.78 is 0. The van der Waals surface area contributed by atoms with Gasteiger partial charge in [-0.2, -0.15) is 5.10 Å². The topological polar surface area (TPSA) is 28.7 Å². The summed E-state index contributed by atoms with van der Waals surface area (Å²) in [6.45, 7) is 4.39. The van der Waals surface area contributed by atoms with Crippen LogP contribution in [-0.2, 0) is 6.42 Å². The molecule has 1 N–H and O–H groups in total. The highest BCUT2D eigenvalue weighted by molar-refractivity contribution is 5.13. The van der Waals surface area contributed by atoms with E-state index in [1.165, 1.54) is 88.3 Å². The van der Waals surface area contributed by atoms with Crippen molar-refractivity contribution >= 4 is 0 Å². The molecule has 0 aromatic carbocycles. The van der Waals surface area contributed by atoms with E-state index < -0.39 is 0 Å². The third-order valence-corrected chi connectivity index (χ3v) is 3.98. The van der Waals surface area contributed by atoms with Crippen LogP contribution in [0.2, 0.25) is 0 Å². The first-order valence-corrected chi connectivity index (χ1v) is 8.33. The summed E-state index contributed by atoms with van der Waals surface area (Å²) in [6, 6.07) is 0. The summed E-state index contributed by atoms with van der Waals surface area (Å²) in [5, 5.41) is 7.08. The lowest BCUT2D eigenvalue weighted by molar-refractivity contribution is 0.549. The van der Waals surface area contributed by atoms with Gasteiger partial charge in [0.2, 0.25) is 0 Å². The second-order valence-electron chi connectivity index (χ2n) is 5.81. The minimum Gasteiger partial charge on any atom is -0.283 e. The van der Waals surface area contributed by atoms with Crippen LogP contribution in [0.5, 0.6) is 0 Å². The normalized spacial score (nSPS) is 11.1. The summed E-state index contributed by atoms with van der Waals surface area (Å²) in [7, 11) is 0. The van der Waals surface area contributed by atoms with Gasteiger partial charge in [-0.3, -0.25) is 5.10 Å². The molecule has 0 aliphatic carbocycles. The monoisotopic (exact) mass is 264 g/mol. The number of hydrogen-bond donors (Lipinski definition) is 1. The van der Waals surface area contributed by atoms with Crippen LogP contribution in [0.3, 0.4) is 0 Å². The quantitative estimate of drug-likeness (QED) is 0.491. The van der Waals surface area contributed by atoms with Gasteiger partial charge >= 0.3 is 0 Å². The fourth-order valence-electron chi connectivity index (χ4n) is 2.61. The van der Waals surface area contributed by atoms with E-state index in [-0.39, 0.29) is 0 Å². The molecular formula is C17H32N2. The van der Waals surface area contributed by atoms with Crippen molar-refractivity contribution in [2.24, 2.45) is 0 Å². The van der Waals surface area contributed by atoms with E-state index >= 15 is 0 Å². The Kier molecular flexibility index (Phi) is 9.48. The molecule has 0 radical (unpaired) electrons. The molecule has 0 bridgehead atoms. The number of rotatable bonds is 12. The van der Waals surface area contributed by atoms with E-state index in [2.05, 4.69) is 24.0 Å². The molecule has 0 aliphatic rings. The molecule has 0 spiro atoms. The van der Waals surface area contributed by atoms with E-state index in [9.17, 15) is 0 Å². The van der Waals surface area contributed by atoms with E-state index in [4.69, 9.17) is 0 Å². The second-order valence-corrected chi connectivity index (χ2v) is 5.81. The lowest BCUT2D eigenvalue weighted by atomic mass is 10.0. The van der Waals surface area contributed by atoms with Gasteiger partial charge in [-0.25, -0.2) is 0 Å². The molecule has 0 saturated heterocycles. The van der Waals surface area contributed by atoms with Gasteiger partial charge in [-0.1, -0.05) is 71.1 Å². The van der Waals surface area contributed by atoms with Gasteiger partial charge in [0, 0.05) is 5.69 Å². The Morgan fingerprint density at radius 2 is 1.37 bits per heavy atom. The van der Waals surface area contributed by atoms with Crippen molar-refractivity contribution in [3.63, 3.8) is 0 Å². The van der Waals surface area contributed by atoms with Gasteiger partial charge in [-0.15, -0.1) is 0 Å². The maximum Gasteiger partial charge on any atom is 0.0522 e. The van der Waals surface area contributed by atoms with Crippen LogP contribution in [0.25, 0.3) is 0 Å². The van der Waals surface area contributed by atoms with Crippen LogP contribution < -0.4 is 0 Å². The molecule has 2 nitrogen and oxygen atoms in total. The molecule has 0 aliphatic heterocycles. The predicted octanol–water partition coefficient (Wildman–Crippen LogP) is 5.57. The zero-order valence-corrected chi connectivity index (χ0v) is 13.0. The number of nitrogens with zero attached hydrogens (tertiary/aromatic N) is 1. The van der Waals surface area contributed by atoms with E-state index in [0.29, 0.717) is 0 Å². The molecule has 1 aromatic heterocycles. The van der Waals surface area contributed by atoms with Gasteiger partial charge in [0.1, 0.15) is 0 Å². The lowest BCUT2D eigenvalue weighted by Crippen LogP contribution is -1.87. The van der Waals surface area contributed by atoms with Crippen LogP contribution in [-0.4, -0.2) is 10.2 Å². The molecular weight excluding hydrogens is 232 g/mol. The molecule has 1 heterocycles. The first-order valence-electron chi connectivity index (χ1n) is 8.33. The van der Waals surface area contributed by atoms with Gasteiger partial charge in [0.15, 0.2) is 0 Å². The number of aryl methyl sites for hydroxylation is 2. The fraction of sp³-hybridized carbons (Fsp3) is 0.824. The SMILES string of the molecule is CCCCCCCCCCCCCc1cn[nH]c1C. The fourth-order valence-corrected chi connectivity index (χ4v) is 2.61. The first-order chi connectivity index (χ1) is 9.34. The minimum absolute atomic E-state index is 1.19. The van der Waals surface area contributed by atoms with Crippen molar-refractivity contribution in [2.75, 3.05) is 0 Å². The maximum atomic E-state index is 4.07. The average molecular weight is 264 g/mol. The minimum atomic E-state index is 1.19. The predicted molar refractivity (Wildman–Crippen MR) is 83.5 cm³/mol.